The van der Waals surface area contributed by atoms with Crippen LogP contribution in [0.3, 0.4) is 0 Å². The number of benzene rings is 1. The molecule has 1 heterocycles. The van der Waals surface area contributed by atoms with Crippen LogP contribution in [0.5, 0.6) is 5.75 Å². The van der Waals surface area contributed by atoms with E-state index in [1.54, 1.807) is 24.3 Å². The first-order valence-corrected chi connectivity index (χ1v) is 6.28. The molecule has 1 amide bonds. The molecule has 6 heteroatoms. The average Bonchev–Trinajstić information content (AvgIpc) is 2.39. The number of ether oxygens (including phenoxy) is 1. The lowest BCUT2D eigenvalue weighted by molar-refractivity contribution is -0.529. The zero-order valence-corrected chi connectivity index (χ0v) is 10.7. The van der Waals surface area contributed by atoms with Crippen LogP contribution in [0.1, 0.15) is 31.4 Å². The molecule has 2 atom stereocenters. The average molecular weight is 264 g/mol. The second-order valence-corrected chi connectivity index (χ2v) is 4.41. The molecule has 19 heavy (non-hydrogen) atoms. The molecule has 102 valence electrons. The van der Waals surface area contributed by atoms with Crippen LogP contribution in [0.25, 0.3) is 0 Å². The van der Waals surface area contributed by atoms with Gasteiger partial charge in [0.05, 0.1) is 6.61 Å². The molecule has 1 aromatic carbocycles. The molecule has 0 bridgehead atoms. The molecule has 1 aliphatic heterocycles. The summed E-state index contributed by atoms with van der Waals surface area (Å²) < 4.78 is 5.48. The number of hydrogen-bond acceptors (Lipinski definition) is 4. The van der Waals surface area contributed by atoms with Gasteiger partial charge in [-0.1, -0.05) is 18.2 Å². The Labute approximate surface area is 110 Å². The number of amides is 1. The Hall–Kier alpha value is -2.11. The Morgan fingerprint density at radius 2 is 2.21 bits per heavy atom. The SMILES string of the molecule is CCOc1ccccc1[C@@H]1NC(=O)CC[C@@H]1[N+](=O)[O-]. The number of carbonyl (C=O) groups is 1. The van der Waals surface area contributed by atoms with Gasteiger partial charge in [0.2, 0.25) is 11.9 Å². The highest BCUT2D eigenvalue weighted by atomic mass is 16.6. The van der Waals surface area contributed by atoms with E-state index in [-0.39, 0.29) is 23.7 Å². The monoisotopic (exact) mass is 264 g/mol. The predicted molar refractivity (Wildman–Crippen MR) is 68.5 cm³/mol. The van der Waals surface area contributed by atoms with Gasteiger partial charge in [0.25, 0.3) is 0 Å². The largest absolute Gasteiger partial charge is 0.494 e. The van der Waals surface area contributed by atoms with Crippen molar-refractivity contribution in [2.45, 2.75) is 31.8 Å². The molecular formula is C13H16N2O4. The molecule has 0 aromatic heterocycles. The highest BCUT2D eigenvalue weighted by Gasteiger charge is 2.39. The van der Waals surface area contributed by atoms with Crippen LogP contribution >= 0.6 is 0 Å². The maximum atomic E-state index is 11.5. The van der Waals surface area contributed by atoms with Crippen LogP contribution in [0.15, 0.2) is 24.3 Å². The van der Waals surface area contributed by atoms with E-state index in [1.807, 2.05) is 6.92 Å². The van der Waals surface area contributed by atoms with Gasteiger partial charge in [0.15, 0.2) is 0 Å². The Balaban J connectivity index is 2.35. The molecule has 1 aromatic rings. The van der Waals surface area contributed by atoms with Gasteiger partial charge in [0.1, 0.15) is 11.8 Å². The molecule has 1 saturated heterocycles. The maximum Gasteiger partial charge on any atom is 0.237 e. The lowest BCUT2D eigenvalue weighted by Crippen LogP contribution is -2.45. The standard InChI is InChI=1S/C13H16N2O4/c1-2-19-11-6-4-3-5-9(11)13-10(15(17)18)7-8-12(16)14-13/h3-6,10,13H,2,7-8H2,1H3,(H,14,16)/t10-,13-/m0/s1. The van der Waals surface area contributed by atoms with Crippen LogP contribution in [-0.2, 0) is 4.79 Å². The van der Waals surface area contributed by atoms with Gasteiger partial charge in [-0.2, -0.15) is 0 Å². The highest BCUT2D eigenvalue weighted by Crippen LogP contribution is 2.32. The maximum absolute atomic E-state index is 11.5. The fraction of sp³-hybridized carbons (Fsp3) is 0.462. The summed E-state index contributed by atoms with van der Waals surface area (Å²) in [6, 6.07) is 5.68. The number of nitro groups is 1. The minimum Gasteiger partial charge on any atom is -0.494 e. The van der Waals surface area contributed by atoms with Crippen molar-refractivity contribution in [2.75, 3.05) is 6.61 Å². The molecule has 0 saturated carbocycles. The van der Waals surface area contributed by atoms with Gasteiger partial charge in [-0.25, -0.2) is 0 Å². The van der Waals surface area contributed by atoms with E-state index < -0.39 is 12.1 Å². The van der Waals surface area contributed by atoms with Gasteiger partial charge in [-0.3, -0.25) is 14.9 Å². The van der Waals surface area contributed by atoms with Gasteiger partial charge in [0, 0.05) is 23.3 Å². The van der Waals surface area contributed by atoms with Crippen LogP contribution in [0, 0.1) is 10.1 Å². The van der Waals surface area contributed by atoms with Gasteiger partial charge in [-0.15, -0.1) is 0 Å². The summed E-state index contributed by atoms with van der Waals surface area (Å²) in [4.78, 5) is 22.3. The summed E-state index contributed by atoms with van der Waals surface area (Å²) in [6.07, 6.45) is 0.447. The van der Waals surface area contributed by atoms with Crippen LogP contribution in [0.2, 0.25) is 0 Å². The minimum atomic E-state index is -0.806. The molecule has 6 nitrogen and oxygen atoms in total. The fourth-order valence-electron chi connectivity index (χ4n) is 2.32. The van der Waals surface area contributed by atoms with Crippen LogP contribution < -0.4 is 10.1 Å². The van der Waals surface area contributed by atoms with E-state index in [4.69, 9.17) is 4.74 Å². The summed E-state index contributed by atoms with van der Waals surface area (Å²) in [5, 5.41) is 13.8. The van der Waals surface area contributed by atoms with Gasteiger partial charge >= 0.3 is 0 Å². The second-order valence-electron chi connectivity index (χ2n) is 4.41. The molecule has 0 spiro atoms. The molecule has 0 aliphatic carbocycles. The van der Waals surface area contributed by atoms with Crippen molar-refractivity contribution < 1.29 is 14.5 Å². The van der Waals surface area contributed by atoms with Crippen molar-refractivity contribution in [3.05, 3.63) is 39.9 Å². The normalized spacial score (nSPS) is 22.7. The van der Waals surface area contributed by atoms with E-state index in [2.05, 4.69) is 5.32 Å². The number of nitrogens with zero attached hydrogens (tertiary/aromatic N) is 1. The molecule has 1 N–H and O–H groups in total. The minimum absolute atomic E-state index is 0.158. The fourth-order valence-corrected chi connectivity index (χ4v) is 2.32. The summed E-state index contributed by atoms with van der Waals surface area (Å²) in [5.41, 5.74) is 0.666. The van der Waals surface area contributed by atoms with Crippen molar-refractivity contribution in [2.24, 2.45) is 0 Å². The molecule has 2 rings (SSSR count). The molecule has 1 aliphatic rings. The third-order valence-corrected chi connectivity index (χ3v) is 3.19. The second kappa shape index (κ2) is 5.69. The third kappa shape index (κ3) is 2.83. The first-order valence-electron chi connectivity index (χ1n) is 6.28. The Morgan fingerprint density at radius 3 is 2.89 bits per heavy atom. The number of piperidine rings is 1. The molecule has 0 radical (unpaired) electrons. The van der Waals surface area contributed by atoms with E-state index in [0.29, 0.717) is 17.9 Å². The quantitative estimate of drug-likeness (QED) is 0.662. The van der Waals surface area contributed by atoms with E-state index in [0.717, 1.165) is 0 Å². The highest BCUT2D eigenvalue weighted by molar-refractivity contribution is 5.77. The summed E-state index contributed by atoms with van der Waals surface area (Å²) >= 11 is 0. The number of nitrogens with one attached hydrogen (secondary N) is 1. The van der Waals surface area contributed by atoms with Crippen molar-refractivity contribution in [3.8, 4) is 5.75 Å². The summed E-state index contributed by atoms with van der Waals surface area (Å²) in [7, 11) is 0. The number of hydrogen-bond donors (Lipinski definition) is 1. The number of rotatable bonds is 4. The van der Waals surface area contributed by atoms with Gasteiger partial charge in [-0.05, 0) is 13.0 Å². The lowest BCUT2D eigenvalue weighted by Gasteiger charge is -2.28. The topological polar surface area (TPSA) is 81.5 Å². The summed E-state index contributed by atoms with van der Waals surface area (Å²) in [6.45, 7) is 2.32. The van der Waals surface area contributed by atoms with E-state index in [9.17, 15) is 14.9 Å². The Kier molecular flexibility index (Phi) is 3.99. The molecule has 1 fully saturated rings. The lowest BCUT2D eigenvalue weighted by atomic mass is 9.92. The molecular weight excluding hydrogens is 248 g/mol. The van der Waals surface area contributed by atoms with Crippen LogP contribution in [0.4, 0.5) is 0 Å². The molecule has 0 unspecified atom stereocenters. The van der Waals surface area contributed by atoms with Crippen LogP contribution in [-0.4, -0.2) is 23.5 Å². The predicted octanol–water partition coefficient (Wildman–Crippen LogP) is 1.68. The van der Waals surface area contributed by atoms with Gasteiger partial charge < -0.3 is 10.1 Å². The first-order chi connectivity index (χ1) is 9.13. The Morgan fingerprint density at radius 1 is 1.47 bits per heavy atom. The summed E-state index contributed by atoms with van der Waals surface area (Å²) in [5.74, 6) is 0.429. The van der Waals surface area contributed by atoms with E-state index >= 15 is 0 Å². The van der Waals surface area contributed by atoms with Crippen molar-refractivity contribution >= 4 is 5.91 Å². The van der Waals surface area contributed by atoms with Crippen molar-refractivity contribution in [1.82, 2.24) is 5.32 Å². The zero-order chi connectivity index (χ0) is 13.8. The van der Waals surface area contributed by atoms with Crippen molar-refractivity contribution in [3.63, 3.8) is 0 Å². The van der Waals surface area contributed by atoms with E-state index in [1.165, 1.54) is 0 Å². The third-order valence-electron chi connectivity index (χ3n) is 3.19. The smallest absolute Gasteiger partial charge is 0.237 e. The number of carbonyl (C=O) groups excluding carboxylic acids is 1. The Bertz CT molecular complexity index is 489. The number of para-hydroxylation sites is 1. The zero-order valence-electron chi connectivity index (χ0n) is 10.7. The van der Waals surface area contributed by atoms with Crippen molar-refractivity contribution in [1.29, 1.82) is 0 Å². The first kappa shape index (κ1) is 13.3.